The van der Waals surface area contributed by atoms with E-state index in [1.165, 1.54) is 26.0 Å². The fourth-order valence-corrected chi connectivity index (χ4v) is 3.04. The van der Waals surface area contributed by atoms with Crippen LogP contribution in [0.3, 0.4) is 0 Å². The van der Waals surface area contributed by atoms with Gasteiger partial charge in [-0.1, -0.05) is 36.4 Å². The molecule has 2 aromatic rings. The number of carbonyl (C=O) groups excluding carboxylic acids is 3. The van der Waals surface area contributed by atoms with E-state index >= 15 is 0 Å². The second kappa shape index (κ2) is 9.51. The number of aliphatic hydroxyl groups is 1. The number of hydrogen-bond acceptors (Lipinski definition) is 8. The molecule has 1 aliphatic heterocycles. The van der Waals surface area contributed by atoms with E-state index < -0.39 is 48.6 Å². The molecule has 0 radical (unpaired) electrons. The van der Waals surface area contributed by atoms with Crippen molar-refractivity contribution in [1.82, 2.24) is 0 Å². The minimum absolute atomic E-state index is 0.236. The van der Waals surface area contributed by atoms with Crippen LogP contribution >= 0.6 is 0 Å². The van der Waals surface area contributed by atoms with Gasteiger partial charge in [-0.3, -0.25) is 4.79 Å². The third-order valence-corrected chi connectivity index (χ3v) is 4.55. The topological polar surface area (TPSA) is 108 Å². The molecule has 1 N–H and O–H groups in total. The third-order valence-electron chi connectivity index (χ3n) is 4.55. The molecule has 0 spiro atoms. The summed E-state index contributed by atoms with van der Waals surface area (Å²) in [6.07, 6.45) is -6.23. The molecule has 1 saturated heterocycles. The predicted octanol–water partition coefficient (Wildman–Crippen LogP) is 2.11. The zero-order chi connectivity index (χ0) is 21.7. The Morgan fingerprint density at radius 3 is 1.73 bits per heavy atom. The van der Waals surface area contributed by atoms with Crippen LogP contribution in [0.25, 0.3) is 0 Å². The van der Waals surface area contributed by atoms with Crippen molar-refractivity contribution in [2.45, 2.75) is 44.6 Å². The van der Waals surface area contributed by atoms with E-state index in [9.17, 15) is 19.5 Å². The molecule has 158 valence electrons. The van der Waals surface area contributed by atoms with Gasteiger partial charge in [0.1, 0.15) is 6.10 Å². The Morgan fingerprint density at radius 2 is 1.27 bits per heavy atom. The lowest BCUT2D eigenvalue weighted by Crippen LogP contribution is -2.60. The smallest absolute Gasteiger partial charge is 0.338 e. The van der Waals surface area contributed by atoms with Gasteiger partial charge in [-0.15, -0.1) is 0 Å². The zero-order valence-corrected chi connectivity index (χ0v) is 16.5. The van der Waals surface area contributed by atoms with Crippen molar-refractivity contribution in [3.8, 4) is 0 Å². The van der Waals surface area contributed by atoms with Crippen LogP contribution in [0.5, 0.6) is 0 Å². The first-order valence-corrected chi connectivity index (χ1v) is 9.39. The van der Waals surface area contributed by atoms with Gasteiger partial charge in [0.15, 0.2) is 6.10 Å². The normalized spacial score (nSPS) is 25.8. The molecule has 1 aliphatic rings. The van der Waals surface area contributed by atoms with Crippen molar-refractivity contribution in [3.63, 3.8) is 0 Å². The van der Waals surface area contributed by atoms with Crippen molar-refractivity contribution in [3.05, 3.63) is 71.8 Å². The van der Waals surface area contributed by atoms with Gasteiger partial charge in [-0.05, 0) is 31.2 Å². The Labute approximate surface area is 173 Å². The van der Waals surface area contributed by atoms with E-state index in [1.807, 2.05) is 0 Å². The average Bonchev–Trinajstić information content (AvgIpc) is 2.74. The van der Waals surface area contributed by atoms with Crippen LogP contribution in [-0.4, -0.2) is 53.7 Å². The summed E-state index contributed by atoms with van der Waals surface area (Å²) in [5, 5.41) is 10.6. The Kier molecular flexibility index (Phi) is 6.81. The number of hydrogen-bond donors (Lipinski definition) is 1. The van der Waals surface area contributed by atoms with Crippen LogP contribution < -0.4 is 0 Å². The fourth-order valence-electron chi connectivity index (χ4n) is 3.04. The van der Waals surface area contributed by atoms with Gasteiger partial charge >= 0.3 is 17.9 Å². The first-order chi connectivity index (χ1) is 14.4. The lowest BCUT2D eigenvalue weighted by Gasteiger charge is -2.41. The molecule has 0 amide bonds. The molecule has 5 atom stereocenters. The molecule has 8 heteroatoms. The van der Waals surface area contributed by atoms with Crippen molar-refractivity contribution >= 4 is 17.9 Å². The maximum atomic E-state index is 12.6. The number of carbonyl (C=O) groups is 3. The summed E-state index contributed by atoms with van der Waals surface area (Å²) in [4.78, 5) is 36.7. The molecular weight excluding hydrogens is 392 g/mol. The highest BCUT2D eigenvalue weighted by Crippen LogP contribution is 2.28. The van der Waals surface area contributed by atoms with E-state index in [-0.39, 0.29) is 11.1 Å². The number of rotatable bonds is 5. The van der Waals surface area contributed by atoms with Crippen LogP contribution in [0.2, 0.25) is 0 Å². The number of benzene rings is 2. The van der Waals surface area contributed by atoms with Crippen molar-refractivity contribution in [2.75, 3.05) is 0 Å². The lowest BCUT2D eigenvalue weighted by molar-refractivity contribution is -0.282. The molecule has 30 heavy (non-hydrogen) atoms. The van der Waals surface area contributed by atoms with Gasteiger partial charge in [-0.25, -0.2) is 9.59 Å². The quantitative estimate of drug-likeness (QED) is 0.585. The van der Waals surface area contributed by atoms with Crippen LogP contribution in [0, 0.1) is 0 Å². The van der Waals surface area contributed by atoms with Crippen LogP contribution in [-0.2, 0) is 23.7 Å². The van der Waals surface area contributed by atoms with Gasteiger partial charge in [-0.2, -0.15) is 0 Å². The van der Waals surface area contributed by atoms with Gasteiger partial charge in [0.25, 0.3) is 0 Å². The highest BCUT2D eigenvalue weighted by molar-refractivity contribution is 5.90. The number of ether oxygens (including phenoxy) is 4. The van der Waals surface area contributed by atoms with Gasteiger partial charge in [0.2, 0.25) is 12.4 Å². The van der Waals surface area contributed by atoms with Gasteiger partial charge < -0.3 is 24.1 Å². The summed E-state index contributed by atoms with van der Waals surface area (Å²) in [5.74, 6) is -2.16. The third kappa shape index (κ3) is 5.03. The van der Waals surface area contributed by atoms with E-state index in [0.717, 1.165) is 0 Å². The standard InChI is InChI=1S/C22H22O8/c1-13-17(24)18(29-20(25)15-9-5-3-6-10-15)19(22(27-13)28-14(2)23)30-21(26)16-11-7-4-8-12-16/h3-13,17-19,22,24H,1-2H3/t13?,17-,18?,19?,22-/m1/s1. The van der Waals surface area contributed by atoms with E-state index in [0.29, 0.717) is 0 Å². The number of aliphatic hydroxyl groups excluding tert-OH is 1. The Balaban J connectivity index is 1.88. The molecule has 0 aromatic heterocycles. The van der Waals surface area contributed by atoms with Crippen LogP contribution in [0.4, 0.5) is 0 Å². The highest BCUT2D eigenvalue weighted by Gasteiger charge is 2.50. The monoisotopic (exact) mass is 414 g/mol. The van der Waals surface area contributed by atoms with E-state index in [4.69, 9.17) is 18.9 Å². The molecule has 0 bridgehead atoms. The molecule has 2 aromatic carbocycles. The summed E-state index contributed by atoms with van der Waals surface area (Å²) in [5.41, 5.74) is 0.487. The van der Waals surface area contributed by atoms with E-state index in [2.05, 4.69) is 0 Å². The van der Waals surface area contributed by atoms with Gasteiger partial charge in [0, 0.05) is 6.92 Å². The minimum Gasteiger partial charge on any atom is -0.452 e. The van der Waals surface area contributed by atoms with E-state index in [1.54, 1.807) is 48.5 Å². The molecule has 3 unspecified atom stereocenters. The second-order valence-electron chi connectivity index (χ2n) is 6.78. The SMILES string of the molecule is CC(=O)O[C@H]1OC(C)[C@@H](O)C(OC(=O)c2ccccc2)C1OC(=O)c1ccccc1. The average molecular weight is 414 g/mol. The Hall–Kier alpha value is -3.23. The van der Waals surface area contributed by atoms with Gasteiger partial charge in [0.05, 0.1) is 17.2 Å². The summed E-state index contributed by atoms with van der Waals surface area (Å²) >= 11 is 0. The van der Waals surface area contributed by atoms with Crippen molar-refractivity contribution in [1.29, 1.82) is 0 Å². The van der Waals surface area contributed by atoms with Crippen molar-refractivity contribution in [2.24, 2.45) is 0 Å². The predicted molar refractivity (Wildman–Crippen MR) is 103 cm³/mol. The maximum absolute atomic E-state index is 12.6. The van der Waals surface area contributed by atoms with Crippen LogP contribution in [0.15, 0.2) is 60.7 Å². The van der Waals surface area contributed by atoms with Crippen LogP contribution in [0.1, 0.15) is 34.6 Å². The highest BCUT2D eigenvalue weighted by atomic mass is 16.7. The molecular formula is C22H22O8. The summed E-state index contributed by atoms with van der Waals surface area (Å²) in [7, 11) is 0. The minimum atomic E-state index is -1.37. The maximum Gasteiger partial charge on any atom is 0.338 e. The molecule has 0 aliphatic carbocycles. The van der Waals surface area contributed by atoms with Crippen molar-refractivity contribution < 1.29 is 38.4 Å². The fraction of sp³-hybridized carbons (Fsp3) is 0.318. The first kappa shape index (κ1) is 21.5. The molecule has 3 rings (SSSR count). The zero-order valence-electron chi connectivity index (χ0n) is 16.5. The molecule has 8 nitrogen and oxygen atoms in total. The largest absolute Gasteiger partial charge is 0.452 e. The summed E-state index contributed by atoms with van der Waals surface area (Å²) in [6.45, 7) is 2.69. The molecule has 1 heterocycles. The lowest BCUT2D eigenvalue weighted by atomic mass is 9.99. The summed E-state index contributed by atoms with van der Waals surface area (Å²) < 4.78 is 21.6. The Bertz CT molecular complexity index is 883. The molecule has 1 fully saturated rings. The Morgan fingerprint density at radius 1 is 0.800 bits per heavy atom. The second-order valence-corrected chi connectivity index (χ2v) is 6.78. The number of esters is 3. The first-order valence-electron chi connectivity index (χ1n) is 9.39. The summed E-state index contributed by atoms with van der Waals surface area (Å²) in [6, 6.07) is 16.3. The molecule has 0 saturated carbocycles.